The highest BCUT2D eigenvalue weighted by molar-refractivity contribution is 8.00. The van der Waals surface area contributed by atoms with E-state index in [0.29, 0.717) is 17.3 Å². The second-order valence-corrected chi connectivity index (χ2v) is 7.32. The van der Waals surface area contributed by atoms with Crippen LogP contribution in [0.5, 0.6) is 17.2 Å². The number of methoxy groups -OCH3 is 3. The van der Waals surface area contributed by atoms with Crippen molar-refractivity contribution in [3.05, 3.63) is 17.7 Å². The molecule has 2 aliphatic heterocycles. The summed E-state index contributed by atoms with van der Waals surface area (Å²) in [5.41, 5.74) is 0.956. The standard InChI is InChI=1S/C18H26N2O4S/c1-22-14-11-16(24-3)15(23-2)10-13(14)18-20(17(21)12-25-18)9-8-19-6-4-5-7-19/h10-11,18H,4-9,12H2,1-3H3. The Kier molecular flexibility index (Phi) is 5.96. The van der Waals surface area contributed by atoms with E-state index in [9.17, 15) is 4.79 Å². The highest BCUT2D eigenvalue weighted by Gasteiger charge is 2.35. The number of thioether (sulfide) groups is 1. The van der Waals surface area contributed by atoms with Gasteiger partial charge in [-0.3, -0.25) is 4.79 Å². The first-order chi connectivity index (χ1) is 12.2. The van der Waals surface area contributed by atoms with Crippen molar-refractivity contribution >= 4 is 17.7 Å². The van der Waals surface area contributed by atoms with E-state index >= 15 is 0 Å². The maximum absolute atomic E-state index is 12.4. The van der Waals surface area contributed by atoms with Gasteiger partial charge in [-0.1, -0.05) is 0 Å². The third kappa shape index (κ3) is 3.82. The number of carbonyl (C=O) groups excluding carboxylic acids is 1. The molecule has 2 saturated heterocycles. The van der Waals surface area contributed by atoms with Crippen LogP contribution >= 0.6 is 11.8 Å². The van der Waals surface area contributed by atoms with Crippen molar-refractivity contribution < 1.29 is 19.0 Å². The van der Waals surface area contributed by atoms with Crippen LogP contribution in [0.3, 0.4) is 0 Å². The monoisotopic (exact) mass is 366 g/mol. The summed E-state index contributed by atoms with van der Waals surface area (Å²) in [4.78, 5) is 16.8. The van der Waals surface area contributed by atoms with Gasteiger partial charge in [0.25, 0.3) is 0 Å². The molecule has 2 fully saturated rings. The Morgan fingerprint density at radius 1 is 1.00 bits per heavy atom. The van der Waals surface area contributed by atoms with Crippen molar-refractivity contribution in [2.24, 2.45) is 0 Å². The summed E-state index contributed by atoms with van der Waals surface area (Å²) in [6, 6.07) is 3.76. The third-order valence-corrected chi connectivity index (χ3v) is 6.06. The predicted octanol–water partition coefficient (Wildman–Crippen LogP) is 2.38. The van der Waals surface area contributed by atoms with Gasteiger partial charge in [-0.2, -0.15) is 0 Å². The Bertz CT molecular complexity index is 619. The molecule has 3 rings (SSSR count). The van der Waals surface area contributed by atoms with Gasteiger partial charge < -0.3 is 24.0 Å². The second kappa shape index (κ2) is 8.19. The number of ether oxygens (including phenoxy) is 3. The molecule has 1 aromatic carbocycles. The molecule has 6 nitrogen and oxygen atoms in total. The van der Waals surface area contributed by atoms with E-state index in [1.807, 2.05) is 17.0 Å². The van der Waals surface area contributed by atoms with Crippen LogP contribution in [-0.4, -0.2) is 69.0 Å². The number of nitrogens with zero attached hydrogens (tertiary/aromatic N) is 2. The van der Waals surface area contributed by atoms with E-state index in [1.165, 1.54) is 12.8 Å². The molecular weight excluding hydrogens is 340 g/mol. The Balaban J connectivity index is 1.83. The van der Waals surface area contributed by atoms with Gasteiger partial charge >= 0.3 is 0 Å². The molecule has 1 aromatic rings. The molecule has 1 atom stereocenters. The molecule has 0 N–H and O–H groups in total. The minimum Gasteiger partial charge on any atom is -0.496 e. The van der Waals surface area contributed by atoms with E-state index < -0.39 is 0 Å². The molecule has 7 heteroatoms. The lowest BCUT2D eigenvalue weighted by atomic mass is 10.1. The van der Waals surface area contributed by atoms with Gasteiger partial charge in [0, 0.05) is 24.7 Å². The lowest BCUT2D eigenvalue weighted by Gasteiger charge is -2.28. The van der Waals surface area contributed by atoms with Crippen molar-refractivity contribution in [1.29, 1.82) is 0 Å². The maximum atomic E-state index is 12.4. The third-order valence-electron chi connectivity index (χ3n) is 4.83. The summed E-state index contributed by atoms with van der Waals surface area (Å²) in [5, 5.41) is -0.0511. The van der Waals surface area contributed by atoms with Crippen LogP contribution in [0, 0.1) is 0 Å². The van der Waals surface area contributed by atoms with Crippen LogP contribution in [0.15, 0.2) is 12.1 Å². The van der Waals surface area contributed by atoms with Crippen molar-refractivity contribution in [2.75, 3.05) is 53.3 Å². The van der Waals surface area contributed by atoms with Gasteiger partial charge in [-0.05, 0) is 32.0 Å². The topological polar surface area (TPSA) is 51.2 Å². The lowest BCUT2D eigenvalue weighted by Crippen LogP contribution is -2.36. The number of likely N-dealkylation sites (tertiary alicyclic amines) is 1. The Morgan fingerprint density at radius 3 is 2.28 bits per heavy atom. The van der Waals surface area contributed by atoms with Crippen LogP contribution in [0.25, 0.3) is 0 Å². The van der Waals surface area contributed by atoms with Gasteiger partial charge in [0.1, 0.15) is 11.1 Å². The highest BCUT2D eigenvalue weighted by atomic mass is 32.2. The molecule has 0 aliphatic carbocycles. The number of amides is 1. The molecule has 0 aromatic heterocycles. The summed E-state index contributed by atoms with van der Waals surface area (Å²) >= 11 is 1.64. The van der Waals surface area contributed by atoms with E-state index in [4.69, 9.17) is 14.2 Å². The first kappa shape index (κ1) is 18.2. The minimum absolute atomic E-state index is 0.0511. The molecule has 0 radical (unpaired) electrons. The molecule has 1 amide bonds. The number of rotatable bonds is 7. The summed E-state index contributed by atoms with van der Waals surface area (Å²) in [6.45, 7) is 3.95. The highest BCUT2D eigenvalue weighted by Crippen LogP contribution is 2.46. The quantitative estimate of drug-likeness (QED) is 0.739. The smallest absolute Gasteiger partial charge is 0.233 e. The van der Waals surface area contributed by atoms with E-state index in [1.54, 1.807) is 33.1 Å². The van der Waals surface area contributed by atoms with E-state index in [0.717, 1.165) is 37.5 Å². The van der Waals surface area contributed by atoms with E-state index in [-0.39, 0.29) is 11.3 Å². The Hall–Kier alpha value is -1.60. The summed E-state index contributed by atoms with van der Waals surface area (Å²) < 4.78 is 16.4. The van der Waals surface area contributed by atoms with Crippen molar-refractivity contribution in [2.45, 2.75) is 18.2 Å². The molecule has 2 heterocycles. The fourth-order valence-corrected chi connectivity index (χ4v) is 4.69. The molecule has 0 saturated carbocycles. The first-order valence-corrected chi connectivity index (χ1v) is 9.66. The lowest BCUT2D eigenvalue weighted by molar-refractivity contribution is -0.128. The summed E-state index contributed by atoms with van der Waals surface area (Å²) in [5.74, 6) is 2.68. The van der Waals surface area contributed by atoms with Gasteiger partial charge in [0.05, 0.1) is 27.1 Å². The largest absolute Gasteiger partial charge is 0.496 e. The van der Waals surface area contributed by atoms with Crippen LogP contribution in [0.1, 0.15) is 23.8 Å². The zero-order valence-electron chi connectivity index (χ0n) is 15.1. The zero-order valence-corrected chi connectivity index (χ0v) is 15.9. The van der Waals surface area contributed by atoms with Crippen molar-refractivity contribution in [3.63, 3.8) is 0 Å². The molecule has 1 unspecified atom stereocenters. The predicted molar refractivity (Wildman–Crippen MR) is 98.7 cm³/mol. The zero-order chi connectivity index (χ0) is 17.8. The molecule has 138 valence electrons. The summed E-state index contributed by atoms with van der Waals surface area (Å²) in [7, 11) is 4.86. The number of benzene rings is 1. The Morgan fingerprint density at radius 2 is 1.64 bits per heavy atom. The van der Waals surface area contributed by atoms with Crippen LogP contribution in [0.4, 0.5) is 0 Å². The van der Waals surface area contributed by atoms with Gasteiger partial charge in [-0.25, -0.2) is 0 Å². The molecule has 0 spiro atoms. The normalized spacial score (nSPS) is 21.0. The maximum Gasteiger partial charge on any atom is 0.233 e. The summed E-state index contributed by atoms with van der Waals surface area (Å²) in [6.07, 6.45) is 2.52. The second-order valence-electron chi connectivity index (χ2n) is 6.25. The Labute approximate surface area is 153 Å². The minimum atomic E-state index is -0.0511. The van der Waals surface area contributed by atoms with Crippen LogP contribution in [-0.2, 0) is 4.79 Å². The van der Waals surface area contributed by atoms with Gasteiger partial charge in [0.2, 0.25) is 5.91 Å². The van der Waals surface area contributed by atoms with Gasteiger partial charge in [0.15, 0.2) is 11.5 Å². The number of hydrogen-bond acceptors (Lipinski definition) is 6. The SMILES string of the molecule is COc1cc(OC)c(C2SCC(=O)N2CCN2CCCC2)cc1OC. The number of hydrogen-bond donors (Lipinski definition) is 0. The fourth-order valence-electron chi connectivity index (χ4n) is 3.45. The average molecular weight is 366 g/mol. The molecule has 0 bridgehead atoms. The van der Waals surface area contributed by atoms with Gasteiger partial charge in [-0.15, -0.1) is 11.8 Å². The molecule has 2 aliphatic rings. The first-order valence-electron chi connectivity index (χ1n) is 8.61. The van der Waals surface area contributed by atoms with Crippen LogP contribution in [0.2, 0.25) is 0 Å². The molecule has 25 heavy (non-hydrogen) atoms. The van der Waals surface area contributed by atoms with Crippen LogP contribution < -0.4 is 14.2 Å². The average Bonchev–Trinajstić information content (AvgIpc) is 3.28. The van der Waals surface area contributed by atoms with E-state index in [2.05, 4.69) is 4.90 Å². The van der Waals surface area contributed by atoms with Crippen molar-refractivity contribution in [1.82, 2.24) is 9.80 Å². The number of carbonyl (C=O) groups is 1. The molecular formula is C18H26N2O4S. The fraction of sp³-hybridized carbons (Fsp3) is 0.611. The van der Waals surface area contributed by atoms with Crippen molar-refractivity contribution in [3.8, 4) is 17.2 Å².